The Labute approximate surface area is 244 Å². The number of amides is 2. The van der Waals surface area contributed by atoms with Crippen molar-refractivity contribution < 1.29 is 22.8 Å². The van der Waals surface area contributed by atoms with Crippen molar-refractivity contribution >= 4 is 23.9 Å². The Bertz CT molecular complexity index is 904. The lowest BCUT2D eigenvalue weighted by Crippen LogP contribution is -2.41. The zero-order valence-electron chi connectivity index (χ0n) is 25.1. The summed E-state index contributed by atoms with van der Waals surface area (Å²) in [4.78, 5) is 25.7. The molecule has 0 aromatic heterocycles. The van der Waals surface area contributed by atoms with Crippen LogP contribution in [0.2, 0.25) is 5.02 Å². The minimum absolute atomic E-state index is 0.0736. The second-order valence-electron chi connectivity index (χ2n) is 12.8. The van der Waals surface area contributed by atoms with E-state index in [1.165, 1.54) is 24.9 Å². The molecule has 4 rings (SSSR count). The largest absolute Gasteiger partial charge is 0.391 e. The fraction of sp³-hybridized carbons (Fsp3) is 0.742. The fourth-order valence-electron chi connectivity index (χ4n) is 5.44. The normalized spacial score (nSPS) is 25.5. The smallest absolute Gasteiger partial charge is 0.353 e. The number of hydrogen-bond donors (Lipinski definition) is 1. The Morgan fingerprint density at radius 3 is 1.95 bits per heavy atom. The molecule has 2 atom stereocenters. The van der Waals surface area contributed by atoms with Crippen molar-refractivity contribution in [2.24, 2.45) is 17.8 Å². The van der Waals surface area contributed by atoms with E-state index in [9.17, 15) is 22.8 Å². The van der Waals surface area contributed by atoms with E-state index < -0.39 is 12.1 Å². The first-order valence-electron chi connectivity index (χ1n) is 14.7. The summed E-state index contributed by atoms with van der Waals surface area (Å²) < 4.78 is 37.1. The molecule has 5 nitrogen and oxygen atoms in total. The van der Waals surface area contributed by atoms with Gasteiger partial charge in [-0.2, -0.15) is 13.2 Å². The van der Waals surface area contributed by atoms with Crippen LogP contribution in [0.25, 0.3) is 0 Å². The number of hydrogen-bond acceptors (Lipinski definition) is 3. The first-order chi connectivity index (χ1) is 18.6. The molecule has 0 radical (unpaired) electrons. The molecule has 3 fully saturated rings. The third-order valence-corrected chi connectivity index (χ3v) is 8.46. The second kappa shape index (κ2) is 15.4. The van der Waals surface area contributed by atoms with Crippen LogP contribution in [0.5, 0.6) is 0 Å². The quantitative estimate of drug-likeness (QED) is 0.376. The van der Waals surface area contributed by atoms with Crippen LogP contribution in [0.4, 0.5) is 13.2 Å². The lowest BCUT2D eigenvalue weighted by Gasteiger charge is -2.31. The maximum absolute atomic E-state index is 12.4. The van der Waals surface area contributed by atoms with Crippen LogP contribution in [0.15, 0.2) is 24.3 Å². The Kier molecular flexibility index (Phi) is 13.3. The van der Waals surface area contributed by atoms with Crippen molar-refractivity contribution in [3.8, 4) is 0 Å². The molecule has 3 aliphatic rings. The Hall–Kier alpha value is -1.80. The average Bonchev–Trinajstić information content (AvgIpc) is 3.55. The van der Waals surface area contributed by atoms with Gasteiger partial charge >= 0.3 is 6.18 Å². The summed E-state index contributed by atoms with van der Waals surface area (Å²) in [6.07, 6.45) is 0.363. The van der Waals surface area contributed by atoms with Gasteiger partial charge in [0.2, 0.25) is 12.3 Å². The van der Waals surface area contributed by atoms with Gasteiger partial charge in [-0.1, -0.05) is 44.5 Å². The monoisotopic (exact) mass is 587 g/mol. The summed E-state index contributed by atoms with van der Waals surface area (Å²) >= 11 is 5.95. The van der Waals surface area contributed by atoms with Gasteiger partial charge in [-0.25, -0.2) is 0 Å². The molecule has 1 saturated carbocycles. The number of carbonyl (C=O) groups is 2. The molecule has 40 heavy (non-hydrogen) atoms. The number of benzene rings is 1. The number of nitrogens with zero attached hydrogens (tertiary/aromatic N) is 2. The standard InChI is InChI=1S/C15H22ClN.C11H18F3NO.C5H9NO/c1-11-9-17(15(2,3)4)10-14(11)12-5-7-13(16)8-6-12;1-7(2)10(16)15-9-5-3-8(4-6-9)11(12,13)14;7-5-6-3-1-2-4-6/h5-8,11,14H,9-10H2,1-4H3;7-9H,3-6H2,1-2H3,(H,15,16);5H,1-4H2. The molecule has 0 spiro atoms. The molecule has 1 aliphatic carbocycles. The zero-order valence-corrected chi connectivity index (χ0v) is 25.8. The lowest BCUT2D eigenvalue weighted by atomic mass is 9.85. The van der Waals surface area contributed by atoms with E-state index in [1.807, 2.05) is 12.1 Å². The number of halogens is 4. The molecule has 228 valence electrons. The fourth-order valence-corrected chi connectivity index (χ4v) is 5.56. The highest BCUT2D eigenvalue weighted by Crippen LogP contribution is 2.38. The van der Waals surface area contributed by atoms with E-state index in [0.29, 0.717) is 18.8 Å². The summed E-state index contributed by atoms with van der Waals surface area (Å²) in [5.74, 6) is -0.00241. The number of likely N-dealkylation sites (tertiary alicyclic amines) is 2. The van der Waals surface area contributed by atoms with Crippen molar-refractivity contribution in [1.29, 1.82) is 0 Å². The van der Waals surface area contributed by atoms with Crippen LogP contribution in [0, 0.1) is 17.8 Å². The molecule has 2 aliphatic heterocycles. The summed E-state index contributed by atoms with van der Waals surface area (Å²) in [6.45, 7) is 17.1. The van der Waals surface area contributed by atoms with Gasteiger partial charge in [0.05, 0.1) is 5.92 Å². The molecule has 1 aromatic carbocycles. The zero-order chi connectivity index (χ0) is 30.1. The van der Waals surface area contributed by atoms with Gasteiger partial charge in [0.1, 0.15) is 0 Å². The molecular formula is C31H49ClF3N3O2. The number of rotatable bonds is 4. The molecule has 2 saturated heterocycles. The maximum atomic E-state index is 12.4. The first kappa shape index (κ1) is 34.4. The third-order valence-electron chi connectivity index (χ3n) is 8.21. The van der Waals surface area contributed by atoms with Crippen LogP contribution in [-0.4, -0.2) is 66.1 Å². The van der Waals surface area contributed by atoms with Gasteiger partial charge in [0.15, 0.2) is 0 Å². The van der Waals surface area contributed by atoms with E-state index in [4.69, 9.17) is 11.6 Å². The van der Waals surface area contributed by atoms with Gasteiger partial charge < -0.3 is 10.2 Å². The van der Waals surface area contributed by atoms with Gasteiger partial charge in [-0.3, -0.25) is 14.5 Å². The van der Waals surface area contributed by atoms with Crippen LogP contribution >= 0.6 is 11.6 Å². The molecule has 1 N–H and O–H groups in total. The third kappa shape index (κ3) is 11.2. The van der Waals surface area contributed by atoms with E-state index in [1.54, 1.807) is 18.7 Å². The Balaban J connectivity index is 0.000000227. The van der Waals surface area contributed by atoms with Gasteiger partial charge in [0, 0.05) is 54.6 Å². The van der Waals surface area contributed by atoms with Gasteiger partial charge in [-0.15, -0.1) is 0 Å². The molecular weight excluding hydrogens is 539 g/mol. The van der Waals surface area contributed by atoms with Crippen LogP contribution < -0.4 is 5.32 Å². The lowest BCUT2D eigenvalue weighted by molar-refractivity contribution is -0.182. The van der Waals surface area contributed by atoms with Crippen molar-refractivity contribution in [3.05, 3.63) is 34.9 Å². The Morgan fingerprint density at radius 2 is 1.55 bits per heavy atom. The molecule has 2 unspecified atom stereocenters. The van der Waals surface area contributed by atoms with E-state index >= 15 is 0 Å². The highest BCUT2D eigenvalue weighted by molar-refractivity contribution is 6.30. The highest BCUT2D eigenvalue weighted by Gasteiger charge is 2.41. The average molecular weight is 588 g/mol. The van der Waals surface area contributed by atoms with Crippen LogP contribution in [0.1, 0.15) is 91.5 Å². The predicted molar refractivity (Wildman–Crippen MR) is 156 cm³/mol. The predicted octanol–water partition coefficient (Wildman–Crippen LogP) is 7.29. The van der Waals surface area contributed by atoms with E-state index in [0.717, 1.165) is 37.0 Å². The number of alkyl halides is 3. The Morgan fingerprint density at radius 1 is 1.00 bits per heavy atom. The van der Waals surface area contributed by atoms with E-state index in [-0.39, 0.29) is 36.2 Å². The van der Waals surface area contributed by atoms with Crippen LogP contribution in [-0.2, 0) is 9.59 Å². The van der Waals surface area contributed by atoms with Crippen molar-refractivity contribution in [2.45, 2.75) is 104 Å². The summed E-state index contributed by atoms with van der Waals surface area (Å²) in [6, 6.07) is 8.28. The summed E-state index contributed by atoms with van der Waals surface area (Å²) in [5.41, 5.74) is 1.70. The SMILES string of the molecule is CC(C)C(=O)NC1CCC(C(F)(F)F)CC1.CC1CN(C(C)(C)C)CC1c1ccc(Cl)cc1.O=CN1CCCC1. The molecule has 9 heteroatoms. The molecule has 2 heterocycles. The molecule has 2 amide bonds. The van der Waals surface area contributed by atoms with Gasteiger partial charge in [0.25, 0.3) is 0 Å². The number of nitrogens with one attached hydrogen (secondary N) is 1. The van der Waals surface area contributed by atoms with Crippen LogP contribution in [0.3, 0.4) is 0 Å². The number of carbonyl (C=O) groups excluding carboxylic acids is 2. The minimum atomic E-state index is -4.08. The minimum Gasteiger partial charge on any atom is -0.353 e. The maximum Gasteiger partial charge on any atom is 0.391 e. The van der Waals surface area contributed by atoms with Crippen molar-refractivity contribution in [2.75, 3.05) is 26.2 Å². The summed E-state index contributed by atoms with van der Waals surface area (Å²) in [7, 11) is 0. The van der Waals surface area contributed by atoms with E-state index in [2.05, 4.69) is 50.0 Å². The highest BCUT2D eigenvalue weighted by atomic mass is 35.5. The second-order valence-corrected chi connectivity index (χ2v) is 13.2. The topological polar surface area (TPSA) is 52.7 Å². The van der Waals surface area contributed by atoms with Crippen molar-refractivity contribution in [3.63, 3.8) is 0 Å². The van der Waals surface area contributed by atoms with Gasteiger partial charge in [-0.05, 0) is 82.9 Å². The molecule has 1 aromatic rings. The summed E-state index contributed by atoms with van der Waals surface area (Å²) in [5, 5.41) is 3.61. The van der Waals surface area contributed by atoms with Crippen molar-refractivity contribution in [1.82, 2.24) is 15.1 Å². The molecule has 0 bridgehead atoms. The first-order valence-corrected chi connectivity index (χ1v) is 15.1.